The number of carbonyl (C=O) groups is 1. The van der Waals surface area contributed by atoms with Gasteiger partial charge in [0.2, 0.25) is 0 Å². The summed E-state index contributed by atoms with van der Waals surface area (Å²) in [6.45, 7) is 0. The Labute approximate surface area is 253 Å². The first-order valence-electron chi connectivity index (χ1n) is 14.1. The van der Waals surface area contributed by atoms with Crippen LogP contribution in [0.15, 0.2) is 125 Å². The fraction of sp³-hybridized carbons (Fsp3) is 0.176. The van der Waals surface area contributed by atoms with Crippen LogP contribution in [0.1, 0.15) is 52.4 Å². The Hall–Kier alpha value is -4.70. The molecule has 2 aliphatic rings. The summed E-state index contributed by atoms with van der Waals surface area (Å²) < 4.78 is 68.2. The third-order valence-electron chi connectivity index (χ3n) is 7.82. The zero-order chi connectivity index (χ0) is 30.9. The number of carbonyl (C=O) groups excluding carboxylic acids is 1. The highest BCUT2D eigenvalue weighted by atomic mass is 32.2. The summed E-state index contributed by atoms with van der Waals surface area (Å²) in [6, 6.07) is 28.6. The monoisotopic (exact) mass is 615 g/mol. The molecule has 2 unspecified atom stereocenters. The minimum absolute atomic E-state index is 0.0421. The molecule has 44 heavy (non-hydrogen) atoms. The van der Waals surface area contributed by atoms with Crippen molar-refractivity contribution in [1.29, 1.82) is 0 Å². The van der Waals surface area contributed by atoms with Crippen molar-refractivity contribution in [2.45, 2.75) is 36.4 Å². The molecule has 1 aliphatic carbocycles. The lowest BCUT2D eigenvalue weighted by molar-refractivity contribution is -0.137. The highest BCUT2D eigenvalue weighted by molar-refractivity contribution is 7.92. The fourth-order valence-electron chi connectivity index (χ4n) is 5.80. The van der Waals surface area contributed by atoms with Gasteiger partial charge in [0.15, 0.2) is 0 Å². The number of hydrazone groups is 1. The van der Waals surface area contributed by atoms with E-state index in [1.807, 2.05) is 60.7 Å². The quantitative estimate of drug-likeness (QED) is 0.239. The van der Waals surface area contributed by atoms with Gasteiger partial charge in [0.25, 0.3) is 15.9 Å². The number of nitrogens with zero attached hydrogens (tertiary/aromatic N) is 2. The van der Waals surface area contributed by atoms with Crippen molar-refractivity contribution in [3.63, 3.8) is 0 Å². The lowest BCUT2D eigenvalue weighted by atomic mass is 9.77. The predicted octanol–water partition coefficient (Wildman–Crippen LogP) is 7.94. The molecule has 0 spiro atoms. The molecule has 0 saturated heterocycles. The van der Waals surface area contributed by atoms with Gasteiger partial charge in [-0.2, -0.15) is 18.3 Å². The number of amides is 1. The third kappa shape index (κ3) is 6.03. The summed E-state index contributed by atoms with van der Waals surface area (Å²) in [4.78, 5) is 13.8. The highest BCUT2D eigenvalue weighted by Gasteiger charge is 2.44. The van der Waals surface area contributed by atoms with Gasteiger partial charge in [0.05, 0.1) is 22.2 Å². The van der Waals surface area contributed by atoms with Gasteiger partial charge in [-0.25, -0.2) is 13.4 Å². The second kappa shape index (κ2) is 11.8. The molecule has 1 N–H and O–H groups in total. The van der Waals surface area contributed by atoms with Crippen molar-refractivity contribution >= 4 is 33.4 Å². The molecule has 6 nitrogen and oxygen atoms in total. The second-order valence-electron chi connectivity index (χ2n) is 10.8. The summed E-state index contributed by atoms with van der Waals surface area (Å²) >= 11 is 0. The molecule has 0 aromatic heterocycles. The minimum atomic E-state index is -4.63. The van der Waals surface area contributed by atoms with Crippen LogP contribution in [0.4, 0.5) is 18.9 Å². The number of hydrogen-bond acceptors (Lipinski definition) is 4. The number of benzene rings is 4. The normalized spacial score (nSPS) is 19.4. The molecule has 10 heteroatoms. The van der Waals surface area contributed by atoms with Crippen molar-refractivity contribution < 1.29 is 26.4 Å². The molecule has 224 valence electrons. The smallest absolute Gasteiger partial charge is 0.280 e. The molecule has 1 saturated carbocycles. The maximum atomic E-state index is 14.1. The molecule has 6 rings (SSSR count). The van der Waals surface area contributed by atoms with Crippen LogP contribution in [-0.4, -0.2) is 25.0 Å². The van der Waals surface area contributed by atoms with Crippen molar-refractivity contribution in [3.05, 3.63) is 137 Å². The third-order valence-corrected chi connectivity index (χ3v) is 9.20. The van der Waals surface area contributed by atoms with Crippen LogP contribution < -0.4 is 4.72 Å². The van der Waals surface area contributed by atoms with Crippen LogP contribution in [0.25, 0.3) is 6.08 Å². The number of sulfonamides is 1. The van der Waals surface area contributed by atoms with Gasteiger partial charge in [-0.15, -0.1) is 0 Å². The summed E-state index contributed by atoms with van der Waals surface area (Å²) in [7, 11) is -4.32. The van der Waals surface area contributed by atoms with E-state index >= 15 is 0 Å². The van der Waals surface area contributed by atoms with Gasteiger partial charge in [-0.05, 0) is 78.4 Å². The van der Waals surface area contributed by atoms with Gasteiger partial charge in [-0.1, -0.05) is 72.8 Å². The molecule has 0 radical (unpaired) electrons. The molecule has 1 fully saturated rings. The predicted molar refractivity (Wildman–Crippen MR) is 163 cm³/mol. The Balaban J connectivity index is 1.34. The van der Waals surface area contributed by atoms with E-state index < -0.39 is 27.7 Å². The van der Waals surface area contributed by atoms with Gasteiger partial charge < -0.3 is 0 Å². The topological polar surface area (TPSA) is 78.8 Å². The molecule has 4 aromatic rings. The average molecular weight is 616 g/mol. The molecule has 0 bridgehead atoms. The zero-order valence-corrected chi connectivity index (χ0v) is 24.2. The van der Waals surface area contributed by atoms with E-state index in [-0.39, 0.29) is 28.1 Å². The number of rotatable bonds is 6. The van der Waals surface area contributed by atoms with Crippen LogP contribution in [0.2, 0.25) is 0 Å². The first-order valence-corrected chi connectivity index (χ1v) is 15.6. The van der Waals surface area contributed by atoms with Crippen LogP contribution >= 0.6 is 0 Å². The summed E-state index contributed by atoms with van der Waals surface area (Å²) in [5, 5.41) is 6.32. The Morgan fingerprint density at radius 2 is 1.59 bits per heavy atom. The minimum Gasteiger partial charge on any atom is -0.280 e. The van der Waals surface area contributed by atoms with Crippen LogP contribution in [0, 0.1) is 5.92 Å². The molecule has 2 atom stereocenters. The van der Waals surface area contributed by atoms with Crippen molar-refractivity contribution in [3.8, 4) is 0 Å². The standard InChI is InChI=1S/C34H28F3N3O3S/c35-34(36,37)27-16-9-17-28(22-27)39-44(42,43)29-18-7-15-26(21-29)33(41)40-32(24-12-5-2-6-13-24)30-19-8-14-25(31(30)38-40)20-23-10-3-1-4-11-23/h1-7,9-13,15-18,20-22,30,32,39H,8,14,19H2/b25-20-. The molecule has 1 amide bonds. The van der Waals surface area contributed by atoms with E-state index in [9.17, 15) is 26.4 Å². The van der Waals surface area contributed by atoms with Crippen molar-refractivity contribution in [2.24, 2.45) is 11.0 Å². The lowest BCUT2D eigenvalue weighted by Crippen LogP contribution is -2.32. The lowest BCUT2D eigenvalue weighted by Gasteiger charge is -2.29. The number of alkyl halides is 3. The molecular formula is C34H28F3N3O3S. The Morgan fingerprint density at radius 3 is 2.32 bits per heavy atom. The number of anilines is 1. The number of hydrogen-bond donors (Lipinski definition) is 1. The summed E-state index contributed by atoms with van der Waals surface area (Å²) in [5.74, 6) is -0.518. The van der Waals surface area contributed by atoms with Gasteiger partial charge in [0, 0.05) is 17.2 Å². The van der Waals surface area contributed by atoms with Gasteiger partial charge in [0.1, 0.15) is 0 Å². The van der Waals surface area contributed by atoms with E-state index in [0.717, 1.165) is 59.9 Å². The van der Waals surface area contributed by atoms with E-state index in [2.05, 4.69) is 10.8 Å². The maximum Gasteiger partial charge on any atom is 0.416 e. The Morgan fingerprint density at radius 1 is 0.886 bits per heavy atom. The fourth-order valence-corrected chi connectivity index (χ4v) is 6.90. The second-order valence-corrected chi connectivity index (χ2v) is 12.5. The summed E-state index contributed by atoms with van der Waals surface area (Å²) in [6.07, 6.45) is 0.0658. The van der Waals surface area contributed by atoms with E-state index in [0.29, 0.717) is 0 Å². The van der Waals surface area contributed by atoms with Gasteiger partial charge >= 0.3 is 6.18 Å². The number of allylic oxidation sites excluding steroid dienone is 1. The molecule has 1 aliphatic heterocycles. The van der Waals surface area contributed by atoms with Crippen molar-refractivity contribution in [2.75, 3.05) is 4.72 Å². The number of halogens is 3. The van der Waals surface area contributed by atoms with Crippen LogP contribution in [0.3, 0.4) is 0 Å². The molecular weight excluding hydrogens is 587 g/mol. The van der Waals surface area contributed by atoms with Crippen molar-refractivity contribution in [1.82, 2.24) is 5.01 Å². The van der Waals surface area contributed by atoms with E-state index in [4.69, 9.17) is 5.10 Å². The number of fused-ring (bicyclic) bond motifs is 1. The van der Waals surface area contributed by atoms with Crippen LogP contribution in [-0.2, 0) is 16.2 Å². The van der Waals surface area contributed by atoms with E-state index in [1.54, 1.807) is 0 Å². The summed E-state index contributed by atoms with van der Waals surface area (Å²) in [5.41, 5.74) is 2.73. The Bertz CT molecular complexity index is 1860. The molecule has 4 aromatic carbocycles. The number of nitrogens with one attached hydrogen (secondary N) is 1. The van der Waals surface area contributed by atoms with Crippen LogP contribution in [0.5, 0.6) is 0 Å². The molecule has 1 heterocycles. The highest BCUT2D eigenvalue weighted by Crippen LogP contribution is 2.45. The SMILES string of the molecule is O=C(c1cccc(S(=O)(=O)Nc2cccc(C(F)(F)F)c2)c1)N1N=C2/C(=C\c3ccccc3)CCCC2C1c1ccccc1. The van der Waals surface area contributed by atoms with Gasteiger partial charge in [-0.3, -0.25) is 9.52 Å². The largest absolute Gasteiger partial charge is 0.416 e. The maximum absolute atomic E-state index is 14.1. The first kappa shape index (κ1) is 29.4. The van der Waals surface area contributed by atoms with E-state index in [1.165, 1.54) is 35.3 Å². The zero-order valence-electron chi connectivity index (χ0n) is 23.4. The first-order chi connectivity index (χ1) is 21.1. The average Bonchev–Trinajstić information content (AvgIpc) is 3.42. The Kier molecular flexibility index (Phi) is 7.85.